The summed E-state index contributed by atoms with van der Waals surface area (Å²) < 4.78 is 5.25. The number of aryl methyl sites for hydroxylation is 1. The Morgan fingerprint density at radius 3 is 2.61 bits per heavy atom. The van der Waals surface area contributed by atoms with Crippen LogP contribution in [0.2, 0.25) is 0 Å². The number of anilines is 1. The van der Waals surface area contributed by atoms with E-state index < -0.39 is 0 Å². The van der Waals surface area contributed by atoms with E-state index >= 15 is 0 Å². The van der Waals surface area contributed by atoms with Crippen LogP contribution < -0.4 is 5.73 Å². The maximum absolute atomic E-state index is 11.8. The lowest BCUT2D eigenvalue weighted by Crippen LogP contribution is -2.08. The van der Waals surface area contributed by atoms with Gasteiger partial charge in [-0.1, -0.05) is 32.6 Å². The van der Waals surface area contributed by atoms with E-state index in [1.807, 2.05) is 6.92 Å². The molecule has 0 saturated heterocycles. The Morgan fingerprint density at radius 1 is 1.22 bits per heavy atom. The number of unbranched alkanes of at least 4 members (excludes halogenated alkanes) is 4. The summed E-state index contributed by atoms with van der Waals surface area (Å²) in [6.45, 7) is 4.56. The molecule has 0 saturated carbocycles. The second-order valence-corrected chi connectivity index (χ2v) is 4.62. The van der Waals surface area contributed by atoms with Crippen molar-refractivity contribution in [3.63, 3.8) is 0 Å². The standard InChI is InChI=1S/C15H23NO2/c1-3-4-5-6-7-10-18-15(17)14-9-8-13(16)11-12(14)2/h8-9,11H,3-7,10,16H2,1-2H3. The van der Waals surface area contributed by atoms with Crippen molar-refractivity contribution in [1.82, 2.24) is 0 Å². The number of carbonyl (C=O) groups excluding carboxylic acids is 1. The lowest BCUT2D eigenvalue weighted by atomic mass is 10.1. The van der Waals surface area contributed by atoms with E-state index in [4.69, 9.17) is 10.5 Å². The van der Waals surface area contributed by atoms with Crippen LogP contribution in [0.3, 0.4) is 0 Å². The fraction of sp³-hybridized carbons (Fsp3) is 0.533. The molecule has 0 amide bonds. The van der Waals surface area contributed by atoms with Crippen LogP contribution in [0.4, 0.5) is 5.69 Å². The molecule has 0 spiro atoms. The number of ether oxygens (including phenoxy) is 1. The molecule has 3 nitrogen and oxygen atoms in total. The quantitative estimate of drug-likeness (QED) is 0.455. The van der Waals surface area contributed by atoms with Crippen molar-refractivity contribution in [3.8, 4) is 0 Å². The lowest BCUT2D eigenvalue weighted by molar-refractivity contribution is 0.0497. The molecule has 0 aromatic heterocycles. The van der Waals surface area contributed by atoms with Gasteiger partial charge >= 0.3 is 5.97 Å². The summed E-state index contributed by atoms with van der Waals surface area (Å²) in [4.78, 5) is 11.8. The fourth-order valence-corrected chi connectivity index (χ4v) is 1.86. The highest BCUT2D eigenvalue weighted by Gasteiger charge is 2.09. The molecule has 2 N–H and O–H groups in total. The van der Waals surface area contributed by atoms with Crippen LogP contribution in [-0.4, -0.2) is 12.6 Å². The molecule has 3 heteroatoms. The van der Waals surface area contributed by atoms with Crippen LogP contribution in [0.5, 0.6) is 0 Å². The summed E-state index contributed by atoms with van der Waals surface area (Å²) >= 11 is 0. The van der Waals surface area contributed by atoms with Gasteiger partial charge in [-0.05, 0) is 37.1 Å². The minimum Gasteiger partial charge on any atom is -0.462 e. The van der Waals surface area contributed by atoms with Gasteiger partial charge in [0.1, 0.15) is 0 Å². The number of nitrogen functional groups attached to an aromatic ring is 1. The Labute approximate surface area is 109 Å². The van der Waals surface area contributed by atoms with Crippen LogP contribution in [0.25, 0.3) is 0 Å². The van der Waals surface area contributed by atoms with Gasteiger partial charge in [0, 0.05) is 5.69 Å². The number of esters is 1. The summed E-state index contributed by atoms with van der Waals surface area (Å²) in [7, 11) is 0. The second kappa shape index (κ2) is 7.75. The Kier molecular flexibility index (Phi) is 6.26. The number of carbonyl (C=O) groups is 1. The van der Waals surface area contributed by atoms with Gasteiger partial charge in [-0.3, -0.25) is 0 Å². The second-order valence-electron chi connectivity index (χ2n) is 4.62. The van der Waals surface area contributed by atoms with Gasteiger partial charge in [0.05, 0.1) is 12.2 Å². The largest absolute Gasteiger partial charge is 0.462 e. The fourth-order valence-electron chi connectivity index (χ4n) is 1.86. The van der Waals surface area contributed by atoms with Gasteiger partial charge < -0.3 is 10.5 Å². The first kappa shape index (κ1) is 14.6. The molecule has 0 aliphatic rings. The molecule has 1 aromatic rings. The van der Waals surface area contributed by atoms with E-state index in [2.05, 4.69) is 6.92 Å². The van der Waals surface area contributed by atoms with Gasteiger partial charge in [-0.25, -0.2) is 4.79 Å². The average Bonchev–Trinajstić information content (AvgIpc) is 2.33. The van der Waals surface area contributed by atoms with E-state index in [0.29, 0.717) is 17.9 Å². The maximum Gasteiger partial charge on any atom is 0.338 e. The van der Waals surface area contributed by atoms with Crippen LogP contribution in [0.15, 0.2) is 18.2 Å². The first-order valence-corrected chi connectivity index (χ1v) is 6.68. The predicted molar refractivity (Wildman–Crippen MR) is 74.6 cm³/mol. The SMILES string of the molecule is CCCCCCCOC(=O)c1ccc(N)cc1C. The molecule has 0 atom stereocenters. The van der Waals surface area contributed by atoms with Crippen molar-refractivity contribution in [2.45, 2.75) is 46.0 Å². The molecule has 0 aliphatic carbocycles. The van der Waals surface area contributed by atoms with E-state index in [-0.39, 0.29) is 5.97 Å². The topological polar surface area (TPSA) is 52.3 Å². The van der Waals surface area contributed by atoms with E-state index in [1.165, 1.54) is 19.3 Å². The third kappa shape index (κ3) is 4.78. The number of hydrogen-bond donors (Lipinski definition) is 1. The van der Waals surface area contributed by atoms with E-state index in [1.54, 1.807) is 18.2 Å². The number of rotatable bonds is 7. The Bertz CT molecular complexity index is 388. The van der Waals surface area contributed by atoms with Crippen molar-refractivity contribution in [2.75, 3.05) is 12.3 Å². The van der Waals surface area contributed by atoms with Crippen molar-refractivity contribution >= 4 is 11.7 Å². The van der Waals surface area contributed by atoms with Gasteiger partial charge in [0.15, 0.2) is 0 Å². The summed E-state index contributed by atoms with van der Waals surface area (Å²) in [5.74, 6) is -0.247. The highest BCUT2D eigenvalue weighted by Crippen LogP contribution is 2.14. The minimum atomic E-state index is -0.247. The molecular weight excluding hydrogens is 226 g/mol. The average molecular weight is 249 g/mol. The number of hydrogen-bond acceptors (Lipinski definition) is 3. The summed E-state index contributed by atoms with van der Waals surface area (Å²) in [6.07, 6.45) is 5.77. The van der Waals surface area contributed by atoms with Crippen molar-refractivity contribution in [2.24, 2.45) is 0 Å². The summed E-state index contributed by atoms with van der Waals surface area (Å²) in [5.41, 5.74) is 7.79. The highest BCUT2D eigenvalue weighted by atomic mass is 16.5. The lowest BCUT2D eigenvalue weighted by Gasteiger charge is -2.07. The smallest absolute Gasteiger partial charge is 0.338 e. The van der Waals surface area contributed by atoms with Crippen LogP contribution >= 0.6 is 0 Å². The zero-order valence-corrected chi connectivity index (χ0v) is 11.4. The molecule has 0 fully saturated rings. The first-order valence-electron chi connectivity index (χ1n) is 6.68. The monoisotopic (exact) mass is 249 g/mol. The number of nitrogens with two attached hydrogens (primary N) is 1. The zero-order valence-electron chi connectivity index (χ0n) is 11.4. The van der Waals surface area contributed by atoms with Gasteiger partial charge in [-0.2, -0.15) is 0 Å². The van der Waals surface area contributed by atoms with Crippen molar-refractivity contribution < 1.29 is 9.53 Å². The zero-order chi connectivity index (χ0) is 13.4. The Hall–Kier alpha value is -1.51. The van der Waals surface area contributed by atoms with Crippen molar-refractivity contribution in [3.05, 3.63) is 29.3 Å². The van der Waals surface area contributed by atoms with Crippen LogP contribution in [0.1, 0.15) is 54.9 Å². The molecule has 1 rings (SSSR count). The summed E-state index contributed by atoms with van der Waals surface area (Å²) in [5, 5.41) is 0. The number of benzene rings is 1. The molecule has 100 valence electrons. The minimum absolute atomic E-state index is 0.247. The molecule has 0 unspecified atom stereocenters. The van der Waals surface area contributed by atoms with E-state index in [0.717, 1.165) is 18.4 Å². The van der Waals surface area contributed by atoms with Crippen LogP contribution in [0, 0.1) is 6.92 Å². The Balaban J connectivity index is 2.32. The molecule has 0 heterocycles. The normalized spacial score (nSPS) is 10.3. The van der Waals surface area contributed by atoms with Crippen LogP contribution in [-0.2, 0) is 4.74 Å². The predicted octanol–water partition coefficient (Wildman–Crippen LogP) is 3.70. The molecule has 0 radical (unpaired) electrons. The Morgan fingerprint density at radius 2 is 1.94 bits per heavy atom. The third-order valence-corrected chi connectivity index (χ3v) is 2.95. The van der Waals surface area contributed by atoms with Gasteiger partial charge in [0.2, 0.25) is 0 Å². The van der Waals surface area contributed by atoms with E-state index in [9.17, 15) is 4.79 Å². The highest BCUT2D eigenvalue weighted by molar-refractivity contribution is 5.91. The maximum atomic E-state index is 11.8. The molecule has 0 bridgehead atoms. The van der Waals surface area contributed by atoms with Gasteiger partial charge in [0.25, 0.3) is 0 Å². The first-order chi connectivity index (χ1) is 8.65. The molecule has 18 heavy (non-hydrogen) atoms. The van der Waals surface area contributed by atoms with Gasteiger partial charge in [-0.15, -0.1) is 0 Å². The third-order valence-electron chi connectivity index (χ3n) is 2.95. The van der Waals surface area contributed by atoms with Crippen molar-refractivity contribution in [1.29, 1.82) is 0 Å². The summed E-state index contributed by atoms with van der Waals surface area (Å²) in [6, 6.07) is 5.24. The molecule has 1 aromatic carbocycles. The molecule has 0 aliphatic heterocycles. The molecular formula is C15H23NO2.